The molecule has 1 amide bonds. The molecule has 15 nitrogen and oxygen atoms in total. The smallest absolute Gasteiger partial charge is 0.397 e. The van der Waals surface area contributed by atoms with Crippen LogP contribution in [0.4, 0.5) is 5.69 Å². The zero-order chi connectivity index (χ0) is 26.9. The number of fused-ring (bicyclic) bond motifs is 1. The fourth-order valence-electron chi connectivity index (χ4n) is 4.23. The van der Waals surface area contributed by atoms with Crippen molar-refractivity contribution in [2.75, 3.05) is 5.75 Å². The maximum absolute atomic E-state index is 13.1. The van der Waals surface area contributed by atoms with Crippen molar-refractivity contribution in [3.8, 4) is 0 Å². The largest absolute Gasteiger partial charge is 0.456 e. The standard InChI is InChI=1S/C20H22N6O9S2/c1-11(35-37(31,32)33)17-15-9-16(36-8-7-24-12(2)21-22-23-24)18(25(15)19(17)27)20(28)34-10-13-3-5-14(6-4-13)26(29)30/h3-6,11,15,17H,7-10H2,1-2H3,(H,31,32,33)/t11-,15+,17-/m0/s1. The molecule has 1 aromatic heterocycles. The number of tetrazole rings is 1. The van der Waals surface area contributed by atoms with Crippen molar-refractivity contribution in [3.63, 3.8) is 0 Å². The molecule has 0 saturated carbocycles. The number of hydrogen-bond acceptors (Lipinski definition) is 12. The fourth-order valence-corrected chi connectivity index (χ4v) is 5.85. The molecule has 0 aliphatic carbocycles. The Morgan fingerprint density at radius 3 is 2.65 bits per heavy atom. The van der Waals surface area contributed by atoms with E-state index in [-0.39, 0.29) is 24.4 Å². The Labute approximate surface area is 214 Å². The van der Waals surface area contributed by atoms with E-state index in [1.165, 1.54) is 47.9 Å². The van der Waals surface area contributed by atoms with E-state index in [0.29, 0.717) is 28.6 Å². The number of aryl methyl sites for hydroxylation is 2. The third kappa shape index (κ3) is 5.79. The van der Waals surface area contributed by atoms with Crippen LogP contribution in [0, 0.1) is 23.0 Å². The van der Waals surface area contributed by atoms with Crippen molar-refractivity contribution >= 4 is 39.7 Å². The van der Waals surface area contributed by atoms with Crippen LogP contribution in [0.25, 0.3) is 0 Å². The summed E-state index contributed by atoms with van der Waals surface area (Å²) in [4.78, 5) is 38.1. The number of benzene rings is 1. The lowest BCUT2D eigenvalue weighted by atomic mass is 9.83. The normalized spacial score (nSPS) is 20.0. The first-order valence-electron chi connectivity index (χ1n) is 10.9. The molecular formula is C20H22N6O9S2. The minimum absolute atomic E-state index is 0.0469. The highest BCUT2D eigenvalue weighted by Gasteiger charge is 2.58. The van der Waals surface area contributed by atoms with E-state index in [1.807, 2.05) is 0 Å². The van der Waals surface area contributed by atoms with Crippen molar-refractivity contribution in [3.05, 3.63) is 56.4 Å². The molecule has 198 valence electrons. The Morgan fingerprint density at radius 2 is 2.05 bits per heavy atom. The van der Waals surface area contributed by atoms with Gasteiger partial charge in [0.2, 0.25) is 5.91 Å². The van der Waals surface area contributed by atoms with Gasteiger partial charge in [0.15, 0.2) is 0 Å². The molecule has 0 unspecified atom stereocenters. The highest BCUT2D eigenvalue weighted by molar-refractivity contribution is 8.03. The number of nitro groups is 1. The molecule has 3 heterocycles. The van der Waals surface area contributed by atoms with Crippen LogP contribution in [-0.4, -0.2) is 72.8 Å². The van der Waals surface area contributed by atoms with Gasteiger partial charge in [-0.2, -0.15) is 8.42 Å². The van der Waals surface area contributed by atoms with Crippen molar-refractivity contribution in [1.82, 2.24) is 25.1 Å². The van der Waals surface area contributed by atoms with E-state index in [0.717, 1.165) is 0 Å². The van der Waals surface area contributed by atoms with Gasteiger partial charge in [0.25, 0.3) is 5.69 Å². The molecule has 37 heavy (non-hydrogen) atoms. The van der Waals surface area contributed by atoms with Crippen molar-refractivity contribution in [1.29, 1.82) is 0 Å². The average molecular weight is 555 g/mol. The lowest BCUT2D eigenvalue weighted by molar-refractivity contribution is -0.384. The van der Waals surface area contributed by atoms with E-state index in [4.69, 9.17) is 9.29 Å². The summed E-state index contributed by atoms with van der Waals surface area (Å²) in [5, 5.41) is 22.1. The number of amides is 1. The second kappa shape index (κ2) is 10.5. The van der Waals surface area contributed by atoms with E-state index < -0.39 is 45.3 Å². The summed E-state index contributed by atoms with van der Waals surface area (Å²) < 4.78 is 42.9. The molecule has 1 aromatic carbocycles. The molecule has 1 N–H and O–H groups in total. The quantitative estimate of drug-likeness (QED) is 0.136. The Hall–Kier alpha value is -3.41. The van der Waals surface area contributed by atoms with E-state index in [9.17, 15) is 28.1 Å². The van der Waals surface area contributed by atoms with Gasteiger partial charge in [-0.15, -0.1) is 16.9 Å². The van der Waals surface area contributed by atoms with Crippen molar-refractivity contribution in [2.24, 2.45) is 5.92 Å². The summed E-state index contributed by atoms with van der Waals surface area (Å²) in [7, 11) is -4.78. The van der Waals surface area contributed by atoms with Crippen LogP contribution in [0.5, 0.6) is 0 Å². The van der Waals surface area contributed by atoms with Crippen LogP contribution in [0.1, 0.15) is 24.7 Å². The summed E-state index contributed by atoms with van der Waals surface area (Å²) in [6.45, 7) is 3.35. The SMILES string of the molecule is Cc1nnnn1CCSC1=C(C(=O)OCc2ccc([N+](=O)[O-])cc2)N2C(=O)[C@@H]([C@H](C)OS(=O)(=O)O)[C@H]2C1. The predicted molar refractivity (Wildman–Crippen MR) is 126 cm³/mol. The van der Waals surface area contributed by atoms with Crippen LogP contribution in [0.3, 0.4) is 0 Å². The number of ether oxygens (including phenoxy) is 1. The lowest BCUT2D eigenvalue weighted by Gasteiger charge is -2.45. The molecule has 17 heteroatoms. The topological polar surface area (TPSA) is 197 Å². The molecule has 2 aliphatic heterocycles. The number of esters is 1. The summed E-state index contributed by atoms with van der Waals surface area (Å²) in [6.07, 6.45) is -0.883. The van der Waals surface area contributed by atoms with Gasteiger partial charge in [0.05, 0.1) is 29.5 Å². The van der Waals surface area contributed by atoms with E-state index >= 15 is 0 Å². The third-order valence-electron chi connectivity index (χ3n) is 5.95. The first kappa shape index (κ1) is 26.6. The van der Waals surface area contributed by atoms with Gasteiger partial charge >= 0.3 is 16.4 Å². The van der Waals surface area contributed by atoms with Gasteiger partial charge in [-0.1, -0.05) is 0 Å². The van der Waals surface area contributed by atoms with Crippen molar-refractivity contribution in [2.45, 2.75) is 45.6 Å². The Bertz CT molecular complexity index is 1360. The van der Waals surface area contributed by atoms with E-state index in [2.05, 4.69) is 19.7 Å². The van der Waals surface area contributed by atoms with Crippen molar-refractivity contribution < 1.29 is 36.4 Å². The van der Waals surface area contributed by atoms with Gasteiger partial charge in [0.1, 0.15) is 18.1 Å². The number of aromatic nitrogens is 4. The van der Waals surface area contributed by atoms with Crippen LogP contribution in [0.2, 0.25) is 0 Å². The zero-order valence-corrected chi connectivity index (χ0v) is 21.2. The highest BCUT2D eigenvalue weighted by Crippen LogP contribution is 2.48. The lowest BCUT2D eigenvalue weighted by Crippen LogP contribution is -2.62. The minimum atomic E-state index is -4.78. The molecule has 3 atom stereocenters. The second-order valence-electron chi connectivity index (χ2n) is 8.30. The second-order valence-corrected chi connectivity index (χ2v) is 10.5. The van der Waals surface area contributed by atoms with Gasteiger partial charge in [0, 0.05) is 29.2 Å². The van der Waals surface area contributed by atoms with Gasteiger partial charge in [-0.3, -0.25) is 19.5 Å². The summed E-state index contributed by atoms with van der Waals surface area (Å²) in [5.41, 5.74) is 0.456. The van der Waals surface area contributed by atoms with Crippen LogP contribution in [0.15, 0.2) is 34.9 Å². The Balaban J connectivity index is 1.49. The summed E-state index contributed by atoms with van der Waals surface area (Å²) >= 11 is 1.32. The highest BCUT2D eigenvalue weighted by atomic mass is 32.3. The summed E-state index contributed by atoms with van der Waals surface area (Å²) in [6, 6.07) is 4.94. The maximum Gasteiger partial charge on any atom is 0.397 e. The van der Waals surface area contributed by atoms with Crippen LogP contribution in [-0.2, 0) is 42.1 Å². The third-order valence-corrected chi connectivity index (χ3v) is 7.59. The molecular weight excluding hydrogens is 532 g/mol. The van der Waals surface area contributed by atoms with Crippen LogP contribution >= 0.6 is 11.8 Å². The first-order chi connectivity index (χ1) is 17.5. The van der Waals surface area contributed by atoms with Crippen LogP contribution < -0.4 is 0 Å². The van der Waals surface area contributed by atoms with Gasteiger partial charge in [-0.05, 0) is 42.0 Å². The monoisotopic (exact) mass is 554 g/mol. The molecule has 2 aliphatic rings. The van der Waals surface area contributed by atoms with Gasteiger partial charge in [-0.25, -0.2) is 13.7 Å². The average Bonchev–Trinajstić information content (AvgIpc) is 3.37. The molecule has 0 bridgehead atoms. The number of rotatable bonds is 11. The number of non-ortho nitro benzene ring substituents is 1. The molecule has 4 rings (SSSR count). The molecule has 2 aromatic rings. The number of thioether (sulfide) groups is 1. The predicted octanol–water partition coefficient (Wildman–Crippen LogP) is 1.02. The zero-order valence-electron chi connectivity index (χ0n) is 19.6. The molecule has 1 saturated heterocycles. The number of nitrogens with zero attached hydrogens (tertiary/aromatic N) is 6. The Morgan fingerprint density at radius 1 is 1.35 bits per heavy atom. The molecule has 0 radical (unpaired) electrons. The fraction of sp³-hybridized carbons (Fsp3) is 0.450. The van der Waals surface area contributed by atoms with E-state index in [1.54, 1.807) is 11.6 Å². The number of hydrogen-bond donors (Lipinski definition) is 1. The molecule has 0 spiro atoms. The number of carbonyl (C=O) groups is 2. The summed E-state index contributed by atoms with van der Waals surface area (Å²) in [5.74, 6) is -1.11. The Kier molecular flexibility index (Phi) is 7.58. The minimum Gasteiger partial charge on any atom is -0.456 e. The number of carbonyl (C=O) groups excluding carboxylic acids is 2. The maximum atomic E-state index is 13.1. The first-order valence-corrected chi connectivity index (χ1v) is 13.3. The van der Waals surface area contributed by atoms with Gasteiger partial charge < -0.3 is 9.64 Å². The molecule has 1 fully saturated rings. The number of nitro benzene ring substituents is 1. The number of β-lactam (4-membered cyclic amide) rings is 1.